The van der Waals surface area contributed by atoms with Gasteiger partial charge in [0.1, 0.15) is 5.60 Å². The van der Waals surface area contributed by atoms with Crippen LogP contribution in [0.2, 0.25) is 0 Å². The van der Waals surface area contributed by atoms with E-state index in [1.807, 2.05) is 58.0 Å². The molecule has 1 heterocycles. The molecule has 7 nitrogen and oxygen atoms in total. The van der Waals surface area contributed by atoms with Crippen molar-refractivity contribution in [2.24, 2.45) is 5.92 Å². The number of hydrogen-bond acceptors (Lipinski definition) is 7. The van der Waals surface area contributed by atoms with Gasteiger partial charge in [-0.05, 0) is 83.9 Å². The third-order valence-electron chi connectivity index (χ3n) is 5.72. The van der Waals surface area contributed by atoms with Crippen molar-refractivity contribution in [2.45, 2.75) is 85.3 Å². The fourth-order valence-electron chi connectivity index (χ4n) is 3.95. The van der Waals surface area contributed by atoms with E-state index >= 15 is 0 Å². The fraction of sp³-hybridized carbons (Fsp3) is 0.533. The molecule has 9 heteroatoms. The summed E-state index contributed by atoms with van der Waals surface area (Å²) in [5.41, 5.74) is 0.638. The van der Waals surface area contributed by atoms with Crippen molar-refractivity contribution in [3.8, 4) is 0 Å². The van der Waals surface area contributed by atoms with Crippen LogP contribution in [-0.4, -0.2) is 30.7 Å². The molecule has 0 aliphatic rings. The van der Waals surface area contributed by atoms with Gasteiger partial charge in [-0.25, -0.2) is 4.79 Å². The zero-order valence-electron chi connectivity index (χ0n) is 24.1. The van der Waals surface area contributed by atoms with Gasteiger partial charge >= 0.3 is 13.7 Å². The molecule has 39 heavy (non-hydrogen) atoms. The second kappa shape index (κ2) is 16.1. The van der Waals surface area contributed by atoms with Gasteiger partial charge in [0.05, 0.1) is 24.1 Å². The highest BCUT2D eigenvalue weighted by molar-refractivity contribution is 7.57. The lowest BCUT2D eigenvalue weighted by atomic mass is 10.0. The van der Waals surface area contributed by atoms with Crippen LogP contribution in [0, 0.1) is 5.92 Å². The van der Waals surface area contributed by atoms with Crippen molar-refractivity contribution in [1.29, 1.82) is 0 Å². The number of ketones is 1. The van der Waals surface area contributed by atoms with Gasteiger partial charge in [-0.3, -0.25) is 9.36 Å². The van der Waals surface area contributed by atoms with Crippen LogP contribution < -0.4 is 5.32 Å². The first-order valence-electron chi connectivity index (χ1n) is 13.7. The van der Waals surface area contributed by atoms with Gasteiger partial charge < -0.3 is 19.1 Å². The Kier molecular flexibility index (Phi) is 13.6. The minimum atomic E-state index is -3.32. The second-order valence-corrected chi connectivity index (χ2v) is 13.5. The number of benzene rings is 1. The van der Waals surface area contributed by atoms with Gasteiger partial charge in [-0.15, -0.1) is 11.3 Å². The summed E-state index contributed by atoms with van der Waals surface area (Å²) in [6, 6.07) is 13.6. The SMILES string of the molecule is CCOP(=O)(C=C[C@H](C)CC(NC(=O)OC(C)(C)C)c1ccc(C(=O)CCCCc2ccccc2)s1)OCC. The summed E-state index contributed by atoms with van der Waals surface area (Å²) in [6.45, 7) is 11.5. The predicted molar refractivity (Wildman–Crippen MR) is 159 cm³/mol. The molecule has 0 saturated heterocycles. The number of allylic oxidation sites excluding steroid dienone is 1. The first-order valence-corrected chi connectivity index (χ1v) is 16.1. The molecule has 2 aromatic rings. The van der Waals surface area contributed by atoms with E-state index in [2.05, 4.69) is 17.4 Å². The molecule has 0 aliphatic carbocycles. The number of carbonyl (C=O) groups excluding carboxylic acids is 2. The molecule has 0 bridgehead atoms. The van der Waals surface area contributed by atoms with Crippen molar-refractivity contribution in [3.05, 3.63) is 69.7 Å². The highest BCUT2D eigenvalue weighted by Gasteiger charge is 2.25. The minimum Gasteiger partial charge on any atom is -0.444 e. The zero-order valence-corrected chi connectivity index (χ0v) is 25.8. The predicted octanol–water partition coefficient (Wildman–Crippen LogP) is 8.72. The van der Waals surface area contributed by atoms with Gasteiger partial charge in [-0.2, -0.15) is 0 Å². The minimum absolute atomic E-state index is 0.0709. The average Bonchev–Trinajstić information content (AvgIpc) is 3.35. The second-order valence-electron chi connectivity index (χ2n) is 10.4. The summed E-state index contributed by atoms with van der Waals surface area (Å²) in [6.07, 6.45) is 4.99. The van der Waals surface area contributed by atoms with E-state index in [-0.39, 0.29) is 31.0 Å². The Morgan fingerprint density at radius 3 is 2.31 bits per heavy atom. The molecule has 1 aromatic carbocycles. The van der Waals surface area contributed by atoms with Gasteiger partial charge in [-0.1, -0.05) is 43.3 Å². The number of alkyl carbamates (subject to hydrolysis) is 1. The Balaban J connectivity index is 2.08. The molecule has 1 amide bonds. The van der Waals surface area contributed by atoms with Crippen LogP contribution in [0.15, 0.2) is 54.4 Å². The zero-order chi connectivity index (χ0) is 28.9. The number of ether oxygens (including phenoxy) is 1. The summed E-state index contributed by atoms with van der Waals surface area (Å²) < 4.78 is 29.0. The molecule has 0 aliphatic heterocycles. The molecule has 0 fully saturated rings. The topological polar surface area (TPSA) is 90.9 Å². The van der Waals surface area contributed by atoms with Crippen LogP contribution in [0.4, 0.5) is 4.79 Å². The third-order valence-corrected chi connectivity index (χ3v) is 8.73. The van der Waals surface area contributed by atoms with Crippen LogP contribution in [0.5, 0.6) is 0 Å². The molecular formula is C30H44NO6PS. The number of thiophene rings is 1. The summed E-state index contributed by atoms with van der Waals surface area (Å²) in [5.74, 6) is 1.53. The van der Waals surface area contributed by atoms with Crippen molar-refractivity contribution in [2.75, 3.05) is 13.2 Å². The van der Waals surface area contributed by atoms with Crippen molar-refractivity contribution < 1.29 is 27.9 Å². The van der Waals surface area contributed by atoms with Crippen LogP contribution in [-0.2, 0) is 24.8 Å². The van der Waals surface area contributed by atoms with Crippen LogP contribution in [0.1, 0.15) is 93.4 Å². The number of amides is 1. The Morgan fingerprint density at radius 1 is 1.03 bits per heavy atom. The van der Waals surface area contributed by atoms with Gasteiger partial charge in [0.15, 0.2) is 5.78 Å². The van der Waals surface area contributed by atoms with E-state index in [9.17, 15) is 14.2 Å². The fourth-order valence-corrected chi connectivity index (χ4v) is 6.46. The number of Topliss-reactive ketones (excluding diaryl/α,β-unsaturated/α-hetero) is 1. The Bertz CT molecular complexity index is 1100. The van der Waals surface area contributed by atoms with Crippen molar-refractivity contribution in [1.82, 2.24) is 5.32 Å². The standard InChI is InChI=1S/C30H44NO6PS/c1-7-35-38(34,36-8-2)21-20-23(3)22-25(31-29(33)37-30(4,5)6)27-18-19-28(39-27)26(32)17-13-12-16-24-14-10-9-11-15-24/h9-11,14-15,18-21,23,25H,7-8,12-13,16-17,22H2,1-6H3,(H,31,33)/t23-,25?/m0/s1. The largest absolute Gasteiger partial charge is 0.444 e. The summed E-state index contributed by atoms with van der Waals surface area (Å²) >= 11 is 1.40. The first-order chi connectivity index (χ1) is 18.4. The Morgan fingerprint density at radius 2 is 1.69 bits per heavy atom. The monoisotopic (exact) mass is 577 g/mol. The molecule has 1 unspecified atom stereocenters. The third kappa shape index (κ3) is 12.6. The van der Waals surface area contributed by atoms with Crippen LogP contribution in [0.25, 0.3) is 0 Å². The van der Waals surface area contributed by atoms with E-state index in [0.29, 0.717) is 17.7 Å². The van der Waals surface area contributed by atoms with E-state index in [1.165, 1.54) is 22.7 Å². The summed E-state index contributed by atoms with van der Waals surface area (Å²) in [4.78, 5) is 27.1. The average molecular weight is 578 g/mol. The number of rotatable bonds is 16. The maximum absolute atomic E-state index is 12.9. The molecule has 216 valence electrons. The number of carbonyl (C=O) groups is 2. The lowest BCUT2D eigenvalue weighted by molar-refractivity contribution is 0.0499. The highest BCUT2D eigenvalue weighted by Crippen LogP contribution is 2.50. The lowest BCUT2D eigenvalue weighted by Gasteiger charge is -2.24. The maximum Gasteiger partial charge on any atom is 0.408 e. The van der Waals surface area contributed by atoms with E-state index in [4.69, 9.17) is 13.8 Å². The maximum atomic E-state index is 12.9. The van der Waals surface area contributed by atoms with Crippen LogP contribution >= 0.6 is 18.9 Å². The van der Waals surface area contributed by atoms with Gasteiger partial charge in [0.25, 0.3) is 0 Å². The van der Waals surface area contributed by atoms with E-state index in [0.717, 1.165) is 24.1 Å². The first kappa shape index (κ1) is 33.0. The molecule has 0 radical (unpaired) electrons. The molecular weight excluding hydrogens is 533 g/mol. The Labute approximate surface area is 237 Å². The number of nitrogens with one attached hydrogen (secondary N) is 1. The molecule has 1 N–H and O–H groups in total. The highest BCUT2D eigenvalue weighted by atomic mass is 32.1. The van der Waals surface area contributed by atoms with E-state index in [1.54, 1.807) is 19.9 Å². The van der Waals surface area contributed by atoms with Crippen LogP contribution in [0.3, 0.4) is 0 Å². The lowest BCUT2D eigenvalue weighted by Crippen LogP contribution is -2.35. The number of aryl methyl sites for hydroxylation is 1. The Hall–Kier alpha value is -2.25. The molecule has 2 rings (SSSR count). The quantitative estimate of drug-likeness (QED) is 0.122. The molecule has 0 spiro atoms. The van der Waals surface area contributed by atoms with E-state index < -0.39 is 19.3 Å². The summed E-state index contributed by atoms with van der Waals surface area (Å²) in [5, 5.41) is 2.96. The van der Waals surface area contributed by atoms with Crippen molar-refractivity contribution >= 4 is 30.8 Å². The van der Waals surface area contributed by atoms with Gasteiger partial charge in [0, 0.05) is 17.1 Å². The van der Waals surface area contributed by atoms with Crippen molar-refractivity contribution in [3.63, 3.8) is 0 Å². The molecule has 0 saturated carbocycles. The van der Waals surface area contributed by atoms with Gasteiger partial charge in [0.2, 0.25) is 0 Å². The molecule has 1 aromatic heterocycles. The smallest absolute Gasteiger partial charge is 0.408 e. The normalized spacial score (nSPS) is 13.8. The number of hydrogen-bond donors (Lipinski definition) is 1. The summed E-state index contributed by atoms with van der Waals surface area (Å²) in [7, 11) is -3.32. The molecule has 2 atom stereocenters. The number of unbranched alkanes of at least 4 members (excludes halogenated alkanes) is 1.